The fourth-order valence-electron chi connectivity index (χ4n) is 2.64. The lowest BCUT2D eigenvalue weighted by Crippen LogP contribution is -2.41. The van der Waals surface area contributed by atoms with Gasteiger partial charge in [0.15, 0.2) is 11.6 Å². The lowest BCUT2D eigenvalue weighted by atomic mass is 9.88. The van der Waals surface area contributed by atoms with E-state index in [1.165, 1.54) is 6.92 Å². The van der Waals surface area contributed by atoms with Crippen LogP contribution in [0.2, 0.25) is 0 Å². The summed E-state index contributed by atoms with van der Waals surface area (Å²) < 4.78 is 0. The molecule has 1 aliphatic heterocycles. The largest absolute Gasteiger partial charge is 0.388 e. The van der Waals surface area contributed by atoms with Gasteiger partial charge in [-0.3, -0.25) is 24.5 Å². The molecule has 1 heterocycles. The van der Waals surface area contributed by atoms with Gasteiger partial charge < -0.3 is 5.32 Å². The number of piperidine rings is 1. The van der Waals surface area contributed by atoms with Crippen LogP contribution in [-0.2, 0) is 9.59 Å². The molecule has 2 rings (SSSR count). The van der Waals surface area contributed by atoms with Crippen molar-refractivity contribution in [1.82, 2.24) is 5.32 Å². The van der Waals surface area contributed by atoms with Crippen LogP contribution in [0.3, 0.4) is 0 Å². The highest BCUT2D eigenvalue weighted by atomic mass is 16.2. The maximum absolute atomic E-state index is 12.5. The summed E-state index contributed by atoms with van der Waals surface area (Å²) in [6.45, 7) is 1.40. The summed E-state index contributed by atoms with van der Waals surface area (Å²) in [4.78, 5) is 47.2. The third-order valence-electron chi connectivity index (χ3n) is 3.77. The number of hydrogen-bond acceptors (Lipinski definition) is 5. The molecular formula is C16H18N2O4. The highest BCUT2D eigenvalue weighted by molar-refractivity contribution is 6.12. The zero-order valence-electron chi connectivity index (χ0n) is 12.6. The summed E-state index contributed by atoms with van der Waals surface area (Å²) in [7, 11) is 1.68. The summed E-state index contributed by atoms with van der Waals surface area (Å²) in [6.07, 6.45) is 0.587. The van der Waals surface area contributed by atoms with Gasteiger partial charge in [-0.25, -0.2) is 0 Å². The molecule has 1 atom stereocenters. The Labute approximate surface area is 128 Å². The third kappa shape index (κ3) is 3.21. The molecule has 6 heteroatoms. The number of nitrogens with one attached hydrogen (secondary N) is 2. The molecular weight excluding hydrogens is 284 g/mol. The minimum Gasteiger partial charge on any atom is -0.388 e. The standard InChI is InChI=1S/C16H18N2O4/c1-9(19)15-11(4-3-5-12(15)17-2)13(20)8-10-6-7-14(21)18-16(10)22/h3-5,10,17H,6-8H2,1-2H3,(H,18,21,22). The number of Topliss-reactive ketones (excluding diaryl/α,β-unsaturated/α-hetero) is 2. The fourth-order valence-corrected chi connectivity index (χ4v) is 2.64. The molecule has 2 N–H and O–H groups in total. The van der Waals surface area contributed by atoms with Gasteiger partial charge in [-0.05, 0) is 19.4 Å². The molecule has 1 aliphatic rings. The zero-order chi connectivity index (χ0) is 16.3. The Kier molecular flexibility index (Phi) is 4.70. The Hall–Kier alpha value is -2.50. The lowest BCUT2D eigenvalue weighted by Gasteiger charge is -2.20. The third-order valence-corrected chi connectivity index (χ3v) is 3.77. The number of amides is 2. The summed E-state index contributed by atoms with van der Waals surface area (Å²) in [5.74, 6) is -1.73. The van der Waals surface area contributed by atoms with Crippen LogP contribution in [0.15, 0.2) is 18.2 Å². The predicted octanol–water partition coefficient (Wildman–Crippen LogP) is 1.56. The van der Waals surface area contributed by atoms with Crippen LogP contribution in [0.5, 0.6) is 0 Å². The van der Waals surface area contributed by atoms with Crippen molar-refractivity contribution in [3.05, 3.63) is 29.3 Å². The van der Waals surface area contributed by atoms with E-state index < -0.39 is 11.8 Å². The Bertz CT molecular complexity index is 652. The maximum Gasteiger partial charge on any atom is 0.230 e. The van der Waals surface area contributed by atoms with Gasteiger partial charge in [0.1, 0.15) is 0 Å². The van der Waals surface area contributed by atoms with Crippen molar-refractivity contribution in [2.75, 3.05) is 12.4 Å². The van der Waals surface area contributed by atoms with E-state index in [-0.39, 0.29) is 30.3 Å². The van der Waals surface area contributed by atoms with Gasteiger partial charge >= 0.3 is 0 Å². The first-order valence-electron chi connectivity index (χ1n) is 7.12. The molecule has 1 fully saturated rings. The SMILES string of the molecule is CNc1cccc(C(=O)CC2CCC(=O)NC2=O)c1C(C)=O. The molecule has 1 saturated heterocycles. The van der Waals surface area contributed by atoms with Crippen molar-refractivity contribution < 1.29 is 19.2 Å². The summed E-state index contributed by atoms with van der Waals surface area (Å²) >= 11 is 0. The van der Waals surface area contributed by atoms with Gasteiger partial charge in [0, 0.05) is 37.1 Å². The molecule has 1 aromatic carbocycles. The Morgan fingerprint density at radius 2 is 2.05 bits per heavy atom. The zero-order valence-corrected chi connectivity index (χ0v) is 12.6. The average Bonchev–Trinajstić information content (AvgIpc) is 2.48. The van der Waals surface area contributed by atoms with E-state index >= 15 is 0 Å². The predicted molar refractivity (Wildman–Crippen MR) is 80.8 cm³/mol. The van der Waals surface area contributed by atoms with E-state index in [0.29, 0.717) is 23.2 Å². The number of imide groups is 1. The molecule has 116 valence electrons. The molecule has 0 aliphatic carbocycles. The first kappa shape index (κ1) is 15.9. The van der Waals surface area contributed by atoms with Crippen LogP contribution in [0.1, 0.15) is 46.9 Å². The smallest absolute Gasteiger partial charge is 0.230 e. The summed E-state index contributed by atoms with van der Waals surface area (Å²) in [6, 6.07) is 5.00. The Morgan fingerprint density at radius 3 is 2.64 bits per heavy atom. The number of benzene rings is 1. The normalized spacial score (nSPS) is 17.8. The number of ketones is 2. The molecule has 0 bridgehead atoms. The van der Waals surface area contributed by atoms with E-state index in [2.05, 4.69) is 10.6 Å². The van der Waals surface area contributed by atoms with E-state index in [1.54, 1.807) is 25.2 Å². The topological polar surface area (TPSA) is 92.3 Å². The summed E-state index contributed by atoms with van der Waals surface area (Å²) in [5, 5.41) is 5.13. The van der Waals surface area contributed by atoms with E-state index in [9.17, 15) is 19.2 Å². The minimum atomic E-state index is -0.525. The molecule has 0 radical (unpaired) electrons. The van der Waals surface area contributed by atoms with Crippen molar-refractivity contribution in [2.24, 2.45) is 5.92 Å². The average molecular weight is 302 g/mol. The van der Waals surface area contributed by atoms with Crippen LogP contribution in [0.4, 0.5) is 5.69 Å². The van der Waals surface area contributed by atoms with E-state index in [0.717, 1.165) is 0 Å². The van der Waals surface area contributed by atoms with Gasteiger partial charge in [-0.2, -0.15) is 0 Å². The second-order valence-corrected chi connectivity index (χ2v) is 5.31. The van der Waals surface area contributed by atoms with E-state index in [1.807, 2.05) is 0 Å². The van der Waals surface area contributed by atoms with Gasteiger partial charge in [-0.15, -0.1) is 0 Å². The highest BCUT2D eigenvalue weighted by Gasteiger charge is 2.30. The monoisotopic (exact) mass is 302 g/mol. The Balaban J connectivity index is 2.25. The molecule has 22 heavy (non-hydrogen) atoms. The quantitative estimate of drug-likeness (QED) is 0.636. The molecule has 0 saturated carbocycles. The molecule has 0 aromatic heterocycles. The number of rotatable bonds is 5. The second kappa shape index (κ2) is 6.51. The van der Waals surface area contributed by atoms with Crippen LogP contribution in [0.25, 0.3) is 0 Å². The van der Waals surface area contributed by atoms with Crippen molar-refractivity contribution in [1.29, 1.82) is 0 Å². The van der Waals surface area contributed by atoms with Crippen LogP contribution in [0, 0.1) is 5.92 Å². The van der Waals surface area contributed by atoms with E-state index in [4.69, 9.17) is 0 Å². The van der Waals surface area contributed by atoms with Gasteiger partial charge in [0.2, 0.25) is 11.8 Å². The molecule has 1 aromatic rings. The molecule has 1 unspecified atom stereocenters. The maximum atomic E-state index is 12.5. The lowest BCUT2D eigenvalue weighted by molar-refractivity contribution is -0.136. The highest BCUT2D eigenvalue weighted by Crippen LogP contribution is 2.25. The fraction of sp³-hybridized carbons (Fsp3) is 0.375. The van der Waals surface area contributed by atoms with Crippen LogP contribution < -0.4 is 10.6 Å². The first-order valence-corrected chi connectivity index (χ1v) is 7.12. The first-order chi connectivity index (χ1) is 10.4. The van der Waals surface area contributed by atoms with Crippen LogP contribution in [-0.4, -0.2) is 30.4 Å². The Morgan fingerprint density at radius 1 is 1.32 bits per heavy atom. The number of anilines is 1. The summed E-state index contributed by atoms with van der Waals surface area (Å²) in [5.41, 5.74) is 1.23. The van der Waals surface area contributed by atoms with Crippen molar-refractivity contribution >= 4 is 29.1 Å². The van der Waals surface area contributed by atoms with Gasteiger partial charge in [0.05, 0.1) is 5.56 Å². The van der Waals surface area contributed by atoms with Crippen molar-refractivity contribution in [3.63, 3.8) is 0 Å². The van der Waals surface area contributed by atoms with Gasteiger partial charge in [-0.1, -0.05) is 12.1 Å². The number of hydrogen-bond donors (Lipinski definition) is 2. The van der Waals surface area contributed by atoms with Gasteiger partial charge in [0.25, 0.3) is 0 Å². The molecule has 2 amide bonds. The minimum absolute atomic E-state index is 0.00738. The number of carbonyl (C=O) groups is 4. The van der Waals surface area contributed by atoms with Crippen LogP contribution >= 0.6 is 0 Å². The van der Waals surface area contributed by atoms with Crippen molar-refractivity contribution in [2.45, 2.75) is 26.2 Å². The number of carbonyl (C=O) groups excluding carboxylic acids is 4. The second-order valence-electron chi connectivity index (χ2n) is 5.31. The van der Waals surface area contributed by atoms with Crippen molar-refractivity contribution in [3.8, 4) is 0 Å². The molecule has 0 spiro atoms. The molecule has 6 nitrogen and oxygen atoms in total.